The molecule has 1 aromatic rings. The molecule has 1 aliphatic heterocycles. The number of piperazine rings is 1. The van der Waals surface area contributed by atoms with Crippen molar-refractivity contribution in [1.29, 1.82) is 0 Å². The van der Waals surface area contributed by atoms with Crippen LogP contribution < -0.4 is 16.0 Å². The van der Waals surface area contributed by atoms with E-state index in [0.29, 0.717) is 13.1 Å². The maximum Gasteiger partial charge on any atom is 0.239 e. The van der Waals surface area contributed by atoms with Crippen molar-refractivity contribution in [1.82, 2.24) is 5.32 Å². The lowest BCUT2D eigenvalue weighted by molar-refractivity contribution is -0.121. The van der Waals surface area contributed by atoms with Gasteiger partial charge in [-0.15, -0.1) is 0 Å². The lowest BCUT2D eigenvalue weighted by atomic mass is 10.1. The van der Waals surface area contributed by atoms with Gasteiger partial charge in [0.1, 0.15) is 0 Å². The summed E-state index contributed by atoms with van der Waals surface area (Å²) in [5.41, 5.74) is 7.87. The van der Waals surface area contributed by atoms with Crippen LogP contribution in [0.1, 0.15) is 12.0 Å². The summed E-state index contributed by atoms with van der Waals surface area (Å²) in [6.07, 6.45) is 0.827. The lowest BCUT2D eigenvalue weighted by Crippen LogP contribution is -2.54. The summed E-state index contributed by atoms with van der Waals surface area (Å²) in [5, 5.41) is 2.97. The highest BCUT2D eigenvalue weighted by molar-refractivity contribution is 5.83. The summed E-state index contributed by atoms with van der Waals surface area (Å²) in [5.74, 6) is 0.0798. The molecule has 1 unspecified atom stereocenters. The Bertz CT molecular complexity index is 405. The average Bonchev–Trinajstić information content (AvgIpc) is 2.28. The van der Waals surface area contributed by atoms with Gasteiger partial charge < -0.3 is 16.0 Å². The van der Waals surface area contributed by atoms with Crippen LogP contribution in [0, 0.1) is 6.92 Å². The summed E-state index contributed by atoms with van der Waals surface area (Å²) in [6, 6.07) is 8.41. The van der Waals surface area contributed by atoms with E-state index in [1.165, 1.54) is 5.56 Å². The molecule has 1 aromatic carbocycles. The van der Waals surface area contributed by atoms with Crippen molar-refractivity contribution in [3.63, 3.8) is 0 Å². The number of aryl methyl sites for hydroxylation is 1. The van der Waals surface area contributed by atoms with E-state index in [1.807, 2.05) is 12.1 Å². The standard InChI is InChI=1S/C13H19N3O/c1-10-3-2-4-12(7-10)16-8-11(5-6-14)15-13(17)9-16/h2-4,7,11H,5-6,8-9,14H2,1H3,(H,15,17). The fourth-order valence-corrected chi connectivity index (χ4v) is 2.21. The molecule has 92 valence electrons. The number of nitrogens with two attached hydrogens (primary N) is 1. The predicted molar refractivity (Wildman–Crippen MR) is 69.0 cm³/mol. The smallest absolute Gasteiger partial charge is 0.239 e. The minimum atomic E-state index is 0.0798. The Hall–Kier alpha value is -1.55. The van der Waals surface area contributed by atoms with Gasteiger partial charge in [0.15, 0.2) is 0 Å². The second-order valence-corrected chi connectivity index (χ2v) is 4.56. The number of hydrogen-bond acceptors (Lipinski definition) is 3. The van der Waals surface area contributed by atoms with Crippen molar-refractivity contribution in [3.05, 3.63) is 29.8 Å². The molecule has 1 amide bonds. The lowest BCUT2D eigenvalue weighted by Gasteiger charge is -2.34. The monoisotopic (exact) mass is 233 g/mol. The van der Waals surface area contributed by atoms with E-state index >= 15 is 0 Å². The van der Waals surface area contributed by atoms with Gasteiger partial charge in [-0.05, 0) is 37.6 Å². The van der Waals surface area contributed by atoms with Gasteiger partial charge in [0.05, 0.1) is 6.54 Å². The Labute approximate surface area is 102 Å². The van der Waals surface area contributed by atoms with Gasteiger partial charge in [-0.25, -0.2) is 0 Å². The average molecular weight is 233 g/mol. The molecule has 0 aliphatic carbocycles. The molecular weight excluding hydrogens is 214 g/mol. The highest BCUT2D eigenvalue weighted by Crippen LogP contribution is 2.18. The van der Waals surface area contributed by atoms with Crippen LogP contribution in [0.2, 0.25) is 0 Å². The molecule has 1 aliphatic rings. The van der Waals surface area contributed by atoms with Gasteiger partial charge in [-0.3, -0.25) is 4.79 Å². The van der Waals surface area contributed by atoms with E-state index in [2.05, 4.69) is 29.3 Å². The minimum absolute atomic E-state index is 0.0798. The molecule has 1 atom stereocenters. The largest absolute Gasteiger partial charge is 0.360 e. The topological polar surface area (TPSA) is 58.4 Å². The SMILES string of the molecule is Cc1cccc(N2CC(=O)NC(CCN)C2)c1. The Kier molecular flexibility index (Phi) is 3.64. The number of carbonyl (C=O) groups is 1. The fraction of sp³-hybridized carbons (Fsp3) is 0.462. The molecule has 4 nitrogen and oxygen atoms in total. The van der Waals surface area contributed by atoms with Crippen LogP contribution in [0.25, 0.3) is 0 Å². The first-order valence-electron chi connectivity index (χ1n) is 6.00. The number of hydrogen-bond donors (Lipinski definition) is 2. The maximum atomic E-state index is 11.6. The molecule has 1 heterocycles. The van der Waals surface area contributed by atoms with Crippen LogP contribution in [0.4, 0.5) is 5.69 Å². The van der Waals surface area contributed by atoms with Gasteiger partial charge in [0, 0.05) is 18.3 Å². The zero-order valence-corrected chi connectivity index (χ0v) is 10.1. The minimum Gasteiger partial charge on any atom is -0.360 e. The number of benzene rings is 1. The summed E-state index contributed by atoms with van der Waals surface area (Å²) in [4.78, 5) is 13.7. The fourth-order valence-electron chi connectivity index (χ4n) is 2.21. The molecule has 0 aromatic heterocycles. The van der Waals surface area contributed by atoms with Gasteiger partial charge in [-0.2, -0.15) is 0 Å². The number of rotatable bonds is 3. The van der Waals surface area contributed by atoms with E-state index < -0.39 is 0 Å². The van der Waals surface area contributed by atoms with E-state index in [4.69, 9.17) is 5.73 Å². The number of anilines is 1. The van der Waals surface area contributed by atoms with Gasteiger partial charge in [0.2, 0.25) is 5.91 Å². The van der Waals surface area contributed by atoms with Gasteiger partial charge in [0.25, 0.3) is 0 Å². The second-order valence-electron chi connectivity index (χ2n) is 4.56. The maximum absolute atomic E-state index is 11.6. The molecule has 1 fully saturated rings. The first-order valence-corrected chi connectivity index (χ1v) is 6.00. The molecule has 0 bridgehead atoms. The quantitative estimate of drug-likeness (QED) is 0.806. The Balaban J connectivity index is 2.12. The Morgan fingerprint density at radius 3 is 3.06 bits per heavy atom. The number of nitrogens with zero attached hydrogens (tertiary/aromatic N) is 1. The molecule has 2 rings (SSSR count). The van der Waals surface area contributed by atoms with E-state index in [1.54, 1.807) is 0 Å². The molecule has 4 heteroatoms. The molecule has 3 N–H and O–H groups in total. The van der Waals surface area contributed by atoms with Gasteiger partial charge >= 0.3 is 0 Å². The zero-order valence-electron chi connectivity index (χ0n) is 10.1. The summed E-state index contributed by atoms with van der Waals surface area (Å²) in [6.45, 7) is 3.94. The van der Waals surface area contributed by atoms with Crippen molar-refractivity contribution in [2.24, 2.45) is 5.73 Å². The van der Waals surface area contributed by atoms with Gasteiger partial charge in [-0.1, -0.05) is 12.1 Å². The van der Waals surface area contributed by atoms with Crippen molar-refractivity contribution in [3.8, 4) is 0 Å². The van der Waals surface area contributed by atoms with Crippen molar-refractivity contribution in [2.45, 2.75) is 19.4 Å². The summed E-state index contributed by atoms with van der Waals surface area (Å²) >= 11 is 0. The Morgan fingerprint density at radius 2 is 2.35 bits per heavy atom. The molecule has 0 spiro atoms. The zero-order chi connectivity index (χ0) is 12.3. The molecule has 1 saturated heterocycles. The van der Waals surface area contributed by atoms with Crippen molar-refractivity contribution < 1.29 is 4.79 Å². The third-order valence-corrected chi connectivity index (χ3v) is 3.02. The van der Waals surface area contributed by atoms with Crippen molar-refractivity contribution in [2.75, 3.05) is 24.5 Å². The molecular formula is C13H19N3O. The van der Waals surface area contributed by atoms with E-state index in [9.17, 15) is 4.79 Å². The van der Waals surface area contributed by atoms with E-state index in [-0.39, 0.29) is 11.9 Å². The number of nitrogens with one attached hydrogen (secondary N) is 1. The first kappa shape index (κ1) is 11.9. The van der Waals surface area contributed by atoms with E-state index in [0.717, 1.165) is 18.7 Å². The molecule has 17 heavy (non-hydrogen) atoms. The summed E-state index contributed by atoms with van der Waals surface area (Å²) < 4.78 is 0. The van der Waals surface area contributed by atoms with Crippen LogP contribution in [-0.4, -0.2) is 31.6 Å². The first-order chi connectivity index (χ1) is 8.19. The molecule has 0 saturated carbocycles. The highest BCUT2D eigenvalue weighted by Gasteiger charge is 2.23. The van der Waals surface area contributed by atoms with Crippen LogP contribution in [-0.2, 0) is 4.79 Å². The van der Waals surface area contributed by atoms with Crippen LogP contribution >= 0.6 is 0 Å². The predicted octanol–water partition coefficient (Wildman–Crippen LogP) is 0.649. The van der Waals surface area contributed by atoms with Crippen LogP contribution in [0.5, 0.6) is 0 Å². The second kappa shape index (κ2) is 5.19. The molecule has 0 radical (unpaired) electrons. The third kappa shape index (κ3) is 2.97. The highest BCUT2D eigenvalue weighted by atomic mass is 16.2. The Morgan fingerprint density at radius 1 is 1.53 bits per heavy atom. The normalized spacial score (nSPS) is 20.2. The van der Waals surface area contributed by atoms with Crippen LogP contribution in [0.15, 0.2) is 24.3 Å². The number of carbonyl (C=O) groups excluding carboxylic acids is 1. The van der Waals surface area contributed by atoms with Crippen molar-refractivity contribution >= 4 is 11.6 Å². The third-order valence-electron chi connectivity index (χ3n) is 3.02. The summed E-state index contributed by atoms with van der Waals surface area (Å²) in [7, 11) is 0. The number of amides is 1. The van der Waals surface area contributed by atoms with Crippen LogP contribution in [0.3, 0.4) is 0 Å².